The van der Waals surface area contributed by atoms with Crippen LogP contribution in [0.1, 0.15) is 26.3 Å². The van der Waals surface area contributed by atoms with Gasteiger partial charge in [-0.1, -0.05) is 18.2 Å². The van der Waals surface area contributed by atoms with Crippen molar-refractivity contribution in [2.75, 3.05) is 5.73 Å². The quantitative estimate of drug-likeness (QED) is 0.653. The maximum absolute atomic E-state index is 12.0. The number of aromatic carboxylic acids is 1. The predicted octanol–water partition coefficient (Wildman–Crippen LogP) is 3.09. The first kappa shape index (κ1) is 15.1. The first-order valence-electron chi connectivity index (χ1n) is 6.02. The third-order valence-corrected chi connectivity index (χ3v) is 3.70. The van der Waals surface area contributed by atoms with Crippen molar-refractivity contribution in [3.05, 3.63) is 63.6 Å². The van der Waals surface area contributed by atoms with E-state index in [0.29, 0.717) is 21.3 Å². The number of carbonyl (C=O) groups is 2. The van der Waals surface area contributed by atoms with Crippen LogP contribution in [0.4, 0.5) is 5.69 Å². The molecule has 3 N–H and O–H groups in total. The summed E-state index contributed by atoms with van der Waals surface area (Å²) in [5, 5.41) is 8.80. The van der Waals surface area contributed by atoms with Crippen molar-refractivity contribution in [3.63, 3.8) is 0 Å². The van der Waals surface area contributed by atoms with E-state index >= 15 is 0 Å². The van der Waals surface area contributed by atoms with Gasteiger partial charge in [0.2, 0.25) is 0 Å². The van der Waals surface area contributed by atoms with E-state index in [1.807, 2.05) is 0 Å². The molecule has 2 rings (SSSR count). The fourth-order valence-electron chi connectivity index (χ4n) is 1.68. The number of ether oxygens (including phenoxy) is 1. The summed E-state index contributed by atoms with van der Waals surface area (Å²) in [6, 6.07) is 11.1. The van der Waals surface area contributed by atoms with Crippen molar-refractivity contribution in [1.29, 1.82) is 0 Å². The van der Waals surface area contributed by atoms with E-state index in [0.717, 1.165) is 0 Å². The Labute approximate surface area is 129 Å². The molecule has 0 atom stereocenters. The zero-order chi connectivity index (χ0) is 15.4. The highest BCUT2D eigenvalue weighted by atomic mass is 79.9. The van der Waals surface area contributed by atoms with Gasteiger partial charge in [0.05, 0.1) is 15.6 Å². The normalized spacial score (nSPS) is 10.1. The fraction of sp³-hybridized carbons (Fsp3) is 0.0667. The van der Waals surface area contributed by atoms with E-state index in [2.05, 4.69) is 15.9 Å². The first-order valence-corrected chi connectivity index (χ1v) is 6.81. The molecule has 2 aromatic rings. The van der Waals surface area contributed by atoms with Gasteiger partial charge in [0.1, 0.15) is 6.61 Å². The molecule has 0 heterocycles. The molecule has 0 saturated carbocycles. The molecule has 108 valence electrons. The van der Waals surface area contributed by atoms with Crippen LogP contribution in [0.15, 0.2) is 46.9 Å². The SMILES string of the molecule is Nc1cccc(C(=O)OCc2ccc(C(=O)O)cc2)c1Br. The molecular weight excluding hydrogens is 338 g/mol. The molecule has 0 bridgehead atoms. The summed E-state index contributed by atoms with van der Waals surface area (Å²) in [6.45, 7) is 0.0555. The molecule has 0 aliphatic rings. The molecule has 0 spiro atoms. The van der Waals surface area contributed by atoms with Crippen LogP contribution in [0.5, 0.6) is 0 Å². The van der Waals surface area contributed by atoms with Crippen molar-refractivity contribution in [1.82, 2.24) is 0 Å². The lowest BCUT2D eigenvalue weighted by molar-refractivity contribution is 0.0471. The number of hydrogen-bond acceptors (Lipinski definition) is 4. The second kappa shape index (κ2) is 6.41. The zero-order valence-electron chi connectivity index (χ0n) is 10.9. The number of nitrogen functional groups attached to an aromatic ring is 1. The van der Waals surface area contributed by atoms with Gasteiger partial charge in [-0.3, -0.25) is 0 Å². The second-order valence-corrected chi connectivity index (χ2v) is 5.08. The lowest BCUT2D eigenvalue weighted by Crippen LogP contribution is -2.07. The molecule has 0 fully saturated rings. The number of benzene rings is 2. The Kier molecular flexibility index (Phi) is 4.59. The van der Waals surface area contributed by atoms with Gasteiger partial charge in [0, 0.05) is 5.69 Å². The van der Waals surface area contributed by atoms with Gasteiger partial charge in [-0.15, -0.1) is 0 Å². The Morgan fingerprint density at radius 1 is 1.14 bits per heavy atom. The van der Waals surface area contributed by atoms with Crippen LogP contribution < -0.4 is 5.73 Å². The smallest absolute Gasteiger partial charge is 0.339 e. The Morgan fingerprint density at radius 2 is 1.81 bits per heavy atom. The number of rotatable bonds is 4. The average Bonchev–Trinajstić information content (AvgIpc) is 2.48. The van der Waals surface area contributed by atoms with Gasteiger partial charge in [0.25, 0.3) is 0 Å². The number of halogens is 1. The predicted molar refractivity (Wildman–Crippen MR) is 81.1 cm³/mol. The van der Waals surface area contributed by atoms with Crippen LogP contribution in [0.2, 0.25) is 0 Å². The monoisotopic (exact) mass is 349 g/mol. The Morgan fingerprint density at radius 3 is 2.43 bits per heavy atom. The second-order valence-electron chi connectivity index (χ2n) is 4.29. The van der Waals surface area contributed by atoms with Gasteiger partial charge in [0.15, 0.2) is 0 Å². The van der Waals surface area contributed by atoms with Crippen LogP contribution >= 0.6 is 15.9 Å². The topological polar surface area (TPSA) is 89.6 Å². The Balaban J connectivity index is 2.04. The summed E-state index contributed by atoms with van der Waals surface area (Å²) >= 11 is 3.24. The maximum atomic E-state index is 12.0. The molecule has 0 aliphatic heterocycles. The zero-order valence-corrected chi connectivity index (χ0v) is 12.5. The standard InChI is InChI=1S/C15H12BrNO4/c16-13-11(2-1-3-12(13)17)15(20)21-8-9-4-6-10(7-5-9)14(18)19/h1-7H,8,17H2,(H,18,19). The lowest BCUT2D eigenvalue weighted by atomic mass is 10.1. The van der Waals surface area contributed by atoms with Crippen LogP contribution in [-0.2, 0) is 11.3 Å². The van der Waals surface area contributed by atoms with E-state index in [-0.39, 0.29) is 12.2 Å². The van der Waals surface area contributed by atoms with Crippen molar-refractivity contribution in [3.8, 4) is 0 Å². The molecule has 0 radical (unpaired) electrons. The number of esters is 1. The molecule has 5 nitrogen and oxygen atoms in total. The van der Waals surface area contributed by atoms with E-state index in [4.69, 9.17) is 15.6 Å². The molecule has 0 amide bonds. The number of carboxylic acid groups (broad SMARTS) is 1. The minimum Gasteiger partial charge on any atom is -0.478 e. The summed E-state index contributed by atoms with van der Waals surface area (Å²) in [7, 11) is 0. The third-order valence-electron chi connectivity index (χ3n) is 2.82. The molecule has 2 aromatic carbocycles. The molecule has 0 aliphatic carbocycles. The molecule has 21 heavy (non-hydrogen) atoms. The van der Waals surface area contributed by atoms with Crippen molar-refractivity contribution in [2.45, 2.75) is 6.61 Å². The molecule has 0 aromatic heterocycles. The van der Waals surface area contributed by atoms with Crippen LogP contribution in [-0.4, -0.2) is 17.0 Å². The van der Waals surface area contributed by atoms with Gasteiger partial charge < -0.3 is 15.6 Å². The number of hydrogen-bond donors (Lipinski definition) is 2. The van der Waals surface area contributed by atoms with Gasteiger partial charge in [-0.2, -0.15) is 0 Å². The highest BCUT2D eigenvalue weighted by molar-refractivity contribution is 9.10. The third kappa shape index (κ3) is 3.61. The van der Waals surface area contributed by atoms with E-state index in [1.165, 1.54) is 12.1 Å². The van der Waals surface area contributed by atoms with Gasteiger partial charge in [-0.25, -0.2) is 9.59 Å². The summed E-state index contributed by atoms with van der Waals surface area (Å²) in [5.74, 6) is -1.50. The minimum absolute atomic E-state index is 0.0555. The highest BCUT2D eigenvalue weighted by Gasteiger charge is 2.13. The van der Waals surface area contributed by atoms with Crippen molar-refractivity contribution in [2.24, 2.45) is 0 Å². The molecular formula is C15H12BrNO4. The summed E-state index contributed by atoms with van der Waals surface area (Å²) in [6.07, 6.45) is 0. The summed E-state index contributed by atoms with van der Waals surface area (Å²) in [4.78, 5) is 22.7. The van der Waals surface area contributed by atoms with Crippen LogP contribution in [0.3, 0.4) is 0 Å². The van der Waals surface area contributed by atoms with Crippen molar-refractivity contribution < 1.29 is 19.4 Å². The maximum Gasteiger partial charge on any atom is 0.339 e. The summed E-state index contributed by atoms with van der Waals surface area (Å²) < 4.78 is 5.67. The average molecular weight is 350 g/mol. The highest BCUT2D eigenvalue weighted by Crippen LogP contribution is 2.24. The number of anilines is 1. The minimum atomic E-state index is -0.998. The largest absolute Gasteiger partial charge is 0.478 e. The van der Waals surface area contributed by atoms with Gasteiger partial charge >= 0.3 is 11.9 Å². The van der Waals surface area contributed by atoms with E-state index in [9.17, 15) is 9.59 Å². The number of nitrogens with two attached hydrogens (primary N) is 1. The number of carboxylic acids is 1. The summed E-state index contributed by atoms with van der Waals surface area (Å²) in [5.41, 5.74) is 7.39. The first-order chi connectivity index (χ1) is 9.99. The number of carbonyl (C=O) groups excluding carboxylic acids is 1. The fourth-order valence-corrected chi connectivity index (χ4v) is 2.10. The molecule has 0 unspecified atom stereocenters. The van der Waals surface area contributed by atoms with Crippen LogP contribution in [0, 0.1) is 0 Å². The van der Waals surface area contributed by atoms with Crippen LogP contribution in [0.25, 0.3) is 0 Å². The molecule has 0 saturated heterocycles. The molecule has 6 heteroatoms. The van der Waals surface area contributed by atoms with Crippen molar-refractivity contribution >= 4 is 33.6 Å². The Hall–Kier alpha value is -2.34. The lowest BCUT2D eigenvalue weighted by Gasteiger charge is -2.08. The Bertz CT molecular complexity index is 683. The van der Waals surface area contributed by atoms with E-state index < -0.39 is 11.9 Å². The van der Waals surface area contributed by atoms with E-state index in [1.54, 1.807) is 30.3 Å². The van der Waals surface area contributed by atoms with Gasteiger partial charge in [-0.05, 0) is 45.8 Å².